The minimum absolute atomic E-state index is 0.607. The molecule has 1 heterocycles. The predicted molar refractivity (Wildman–Crippen MR) is 183 cm³/mol. The van der Waals surface area contributed by atoms with Crippen molar-refractivity contribution in [3.05, 3.63) is 202 Å². The first-order valence-electron chi connectivity index (χ1n) is 16.7. The second-order valence-electron chi connectivity index (χ2n) is 12.9. The van der Waals surface area contributed by atoms with Crippen molar-refractivity contribution >= 4 is 33.3 Å². The Bertz CT molecular complexity index is 2440. The van der Waals surface area contributed by atoms with E-state index in [1.54, 1.807) is 0 Å². The Morgan fingerprint density at radius 3 is 1.02 bits per heavy atom. The summed E-state index contributed by atoms with van der Waals surface area (Å²) in [5.41, 5.74) is -7.16. The first-order chi connectivity index (χ1) is 27.5. The van der Waals surface area contributed by atoms with Crippen molar-refractivity contribution in [2.45, 2.75) is 12.9 Å². The lowest BCUT2D eigenvalue weighted by atomic mass is 9.13. The molecule has 7 aromatic rings. The number of halogens is 15. The number of hydrogen-bond donors (Lipinski definition) is 0. The molecule has 0 fully saturated rings. The van der Waals surface area contributed by atoms with Gasteiger partial charge in [0.15, 0.2) is 71.3 Å². The standard InChI is InChI=1S/C25H7BF15.C16H14N/c27-11-8(12(28)18(34)23(39)17(11)33)26(6-7-4-2-1-3-5-7,9-13(29)19(35)24(40)20(36)14(9)30)10-15(31)21(37)25(41)22(38)16(10)32;1-2-6-14(7-3-1)12-17-11-10-15-8-4-5-9-16(15)13-17/h1-5H,6H2;1-11,13H,12H2/q-1;+1. The zero-order valence-corrected chi connectivity index (χ0v) is 28.9. The molecule has 0 unspecified atom stereocenters. The summed E-state index contributed by atoms with van der Waals surface area (Å²) in [5, 5.41) is 2.57. The zero-order valence-electron chi connectivity index (χ0n) is 28.9. The molecule has 6 aromatic carbocycles. The largest absolute Gasteiger partial charge is 0.207 e. The Labute approximate surface area is 318 Å². The highest BCUT2D eigenvalue weighted by molar-refractivity contribution is 7.11. The maximum atomic E-state index is 15.3. The third-order valence-corrected chi connectivity index (χ3v) is 9.55. The lowest BCUT2D eigenvalue weighted by Crippen LogP contribution is -2.74. The van der Waals surface area contributed by atoms with Gasteiger partial charge in [0.05, 0.1) is 0 Å². The van der Waals surface area contributed by atoms with Gasteiger partial charge in [-0.2, -0.15) is 0 Å². The minimum Gasteiger partial charge on any atom is -0.207 e. The SMILES string of the molecule is Fc1c(F)c(F)c([B-](Cc2ccccc2)(c2c(F)c(F)c(F)c(F)c2F)c2c(F)c(F)c(F)c(F)c2F)c(F)c1F.c1ccc(C[n+]2ccc3ccccc3c2)cc1. The Hall–Kier alpha value is -6.26. The van der Waals surface area contributed by atoms with Crippen molar-refractivity contribution in [3.8, 4) is 0 Å². The lowest BCUT2D eigenvalue weighted by molar-refractivity contribution is -0.687. The zero-order chi connectivity index (χ0) is 42.2. The summed E-state index contributed by atoms with van der Waals surface area (Å²) in [6.45, 7) is 0.922. The van der Waals surface area contributed by atoms with Crippen LogP contribution in [0.1, 0.15) is 11.1 Å². The highest BCUT2D eigenvalue weighted by Crippen LogP contribution is 2.30. The first-order valence-corrected chi connectivity index (χ1v) is 16.7. The number of aromatic nitrogens is 1. The number of nitrogens with zero attached hydrogens (tertiary/aromatic N) is 1. The molecule has 1 aromatic heterocycles. The molecule has 1 nitrogen and oxygen atoms in total. The summed E-state index contributed by atoms with van der Waals surface area (Å²) in [6.07, 6.45) is -3.09. The minimum atomic E-state index is -5.59. The molecular weight excluding hydrogens is 802 g/mol. The van der Waals surface area contributed by atoms with E-state index in [0.29, 0.717) is 0 Å². The maximum absolute atomic E-state index is 15.3. The molecule has 0 bridgehead atoms. The Morgan fingerprint density at radius 1 is 0.328 bits per heavy atom. The molecule has 0 spiro atoms. The molecule has 0 amide bonds. The quantitative estimate of drug-likeness (QED) is 0.0497. The molecule has 7 rings (SSSR count). The van der Waals surface area contributed by atoms with Gasteiger partial charge in [0.1, 0.15) is 41.0 Å². The molecule has 298 valence electrons. The van der Waals surface area contributed by atoms with E-state index in [0.717, 1.165) is 30.8 Å². The molecule has 0 saturated carbocycles. The molecule has 58 heavy (non-hydrogen) atoms. The summed E-state index contributed by atoms with van der Waals surface area (Å²) < 4.78 is 223. The molecule has 0 radical (unpaired) electrons. The van der Waals surface area contributed by atoms with Crippen molar-refractivity contribution in [1.29, 1.82) is 0 Å². The smallest absolute Gasteiger partial charge is 0.200 e. The van der Waals surface area contributed by atoms with Gasteiger partial charge in [-0.05, 0) is 11.5 Å². The van der Waals surface area contributed by atoms with Crippen molar-refractivity contribution in [2.75, 3.05) is 0 Å². The summed E-state index contributed by atoms with van der Waals surface area (Å²) in [5.74, 6) is -45.2. The monoisotopic (exact) mass is 823 g/mol. The fraction of sp³-hybridized carbons (Fsp3) is 0.0488. The van der Waals surface area contributed by atoms with Crippen LogP contribution >= 0.6 is 0 Å². The van der Waals surface area contributed by atoms with E-state index in [2.05, 4.69) is 77.6 Å². The van der Waals surface area contributed by atoms with E-state index in [1.807, 2.05) is 0 Å². The third-order valence-electron chi connectivity index (χ3n) is 9.55. The molecule has 0 saturated heterocycles. The van der Waals surface area contributed by atoms with Crippen LogP contribution < -0.4 is 21.0 Å². The first kappa shape index (κ1) is 41.4. The molecule has 17 heteroatoms. The average Bonchev–Trinajstić information content (AvgIpc) is 3.23. The number of pyridine rings is 1. The van der Waals surface area contributed by atoms with Crippen LogP contribution in [0.25, 0.3) is 10.8 Å². The second kappa shape index (κ2) is 16.3. The Morgan fingerprint density at radius 2 is 0.638 bits per heavy atom. The average molecular weight is 823 g/mol. The van der Waals surface area contributed by atoms with Gasteiger partial charge in [-0.1, -0.05) is 84.4 Å². The van der Waals surface area contributed by atoms with Crippen LogP contribution in [-0.4, -0.2) is 6.15 Å². The predicted octanol–water partition coefficient (Wildman–Crippen LogP) is 9.20. The summed E-state index contributed by atoms with van der Waals surface area (Å²) in [6, 6.07) is 26.1. The van der Waals surface area contributed by atoms with E-state index in [-0.39, 0.29) is 0 Å². The van der Waals surface area contributed by atoms with E-state index in [9.17, 15) is 39.5 Å². The van der Waals surface area contributed by atoms with Crippen LogP contribution in [0.15, 0.2) is 103 Å². The van der Waals surface area contributed by atoms with Gasteiger partial charge in [0.2, 0.25) is 0 Å². The maximum Gasteiger partial charge on any atom is 0.200 e. The Balaban J connectivity index is 0.000000275. The fourth-order valence-corrected chi connectivity index (χ4v) is 6.94. The van der Waals surface area contributed by atoms with Crippen LogP contribution in [0.4, 0.5) is 65.9 Å². The fourth-order valence-electron chi connectivity index (χ4n) is 6.94. The molecular formula is C41H21BF15N. The highest BCUT2D eigenvalue weighted by Gasteiger charge is 2.48. The number of fused-ring (bicyclic) bond motifs is 1. The summed E-state index contributed by atoms with van der Waals surface area (Å²) in [4.78, 5) is 0. The van der Waals surface area contributed by atoms with Crippen molar-refractivity contribution < 1.29 is 70.4 Å². The van der Waals surface area contributed by atoms with E-state index < -0.39 is 122 Å². The van der Waals surface area contributed by atoms with E-state index in [4.69, 9.17) is 0 Å². The van der Waals surface area contributed by atoms with Crippen molar-refractivity contribution in [2.24, 2.45) is 0 Å². The van der Waals surface area contributed by atoms with E-state index >= 15 is 26.3 Å². The van der Waals surface area contributed by atoms with Gasteiger partial charge in [0.25, 0.3) is 0 Å². The summed E-state index contributed by atoms with van der Waals surface area (Å²) in [7, 11) is 0. The van der Waals surface area contributed by atoms with Gasteiger partial charge < -0.3 is 0 Å². The normalized spacial score (nSPS) is 11.5. The Kier molecular flexibility index (Phi) is 11.6. The van der Waals surface area contributed by atoms with Crippen LogP contribution in [0, 0.1) is 87.3 Å². The van der Waals surface area contributed by atoms with Crippen LogP contribution in [-0.2, 0) is 12.9 Å². The van der Waals surface area contributed by atoms with Crippen LogP contribution in [0.5, 0.6) is 0 Å². The lowest BCUT2D eigenvalue weighted by Gasteiger charge is -2.44. The molecule has 0 aliphatic heterocycles. The van der Waals surface area contributed by atoms with Crippen LogP contribution in [0.3, 0.4) is 0 Å². The number of rotatable bonds is 7. The van der Waals surface area contributed by atoms with Gasteiger partial charge in [-0.15, -0.1) is 22.7 Å². The third kappa shape index (κ3) is 7.13. The number of hydrogen-bond acceptors (Lipinski definition) is 0. The topological polar surface area (TPSA) is 3.88 Å². The van der Waals surface area contributed by atoms with E-state index in [1.165, 1.54) is 22.4 Å². The second-order valence-corrected chi connectivity index (χ2v) is 12.9. The molecule has 0 aliphatic carbocycles. The van der Waals surface area contributed by atoms with Crippen LogP contribution in [0.2, 0.25) is 0 Å². The molecule has 0 atom stereocenters. The van der Waals surface area contributed by atoms with Gasteiger partial charge in [0, 0.05) is 17.0 Å². The molecule has 0 N–H and O–H groups in total. The van der Waals surface area contributed by atoms with Crippen molar-refractivity contribution in [3.63, 3.8) is 0 Å². The van der Waals surface area contributed by atoms with Gasteiger partial charge in [-0.3, -0.25) is 0 Å². The van der Waals surface area contributed by atoms with Gasteiger partial charge >= 0.3 is 0 Å². The molecule has 0 aliphatic rings. The highest BCUT2D eigenvalue weighted by atomic mass is 19.2. The number of benzene rings is 6. The summed E-state index contributed by atoms with van der Waals surface area (Å²) >= 11 is 0. The van der Waals surface area contributed by atoms with Crippen molar-refractivity contribution in [1.82, 2.24) is 0 Å². The van der Waals surface area contributed by atoms with Gasteiger partial charge in [-0.25, -0.2) is 70.4 Å².